The summed E-state index contributed by atoms with van der Waals surface area (Å²) >= 11 is 7.32. The van der Waals surface area contributed by atoms with Crippen LogP contribution in [0.5, 0.6) is 0 Å². The Bertz CT molecular complexity index is 1130. The summed E-state index contributed by atoms with van der Waals surface area (Å²) in [5, 5.41) is 3.89. The van der Waals surface area contributed by atoms with E-state index in [2.05, 4.69) is 10.3 Å². The van der Waals surface area contributed by atoms with E-state index in [-0.39, 0.29) is 29.6 Å². The number of carbonyl (C=O) groups excluding carboxylic acids is 1. The van der Waals surface area contributed by atoms with Crippen molar-refractivity contribution in [3.05, 3.63) is 86.4 Å². The van der Waals surface area contributed by atoms with Crippen LogP contribution in [0.2, 0.25) is 5.02 Å². The highest BCUT2D eigenvalue weighted by Gasteiger charge is 2.32. The van der Waals surface area contributed by atoms with Crippen LogP contribution in [0, 0.1) is 5.82 Å². The zero-order chi connectivity index (χ0) is 20.5. The number of carbonyl (C=O) groups is 1. The van der Waals surface area contributed by atoms with Gasteiger partial charge in [-0.15, -0.1) is 0 Å². The Balaban J connectivity index is 1.70. The maximum atomic E-state index is 13.1. The van der Waals surface area contributed by atoms with Gasteiger partial charge in [0.05, 0.1) is 5.56 Å². The summed E-state index contributed by atoms with van der Waals surface area (Å²) in [6.07, 6.45) is 0.174. The Morgan fingerprint density at radius 1 is 1.17 bits per heavy atom. The van der Waals surface area contributed by atoms with Crippen molar-refractivity contribution in [2.75, 3.05) is 5.32 Å². The highest BCUT2D eigenvalue weighted by molar-refractivity contribution is 7.98. The molecular formula is C21H17ClFN3O2S. The third-order valence-corrected chi connectivity index (χ3v) is 6.21. The molecule has 148 valence electrons. The standard InChI is InChI=1S/C21H17ClFN3O2S/c1-26-19-18(16(10-17(27)24-19)13-4-6-14(22)7-5-13)20(28)25-21(26)29-11-12-2-8-15(23)9-3-12/h2-9,16H,10-11H2,1H3,(H,24,27). The Hall–Kier alpha value is -2.64. The van der Waals surface area contributed by atoms with Crippen molar-refractivity contribution >= 4 is 35.1 Å². The van der Waals surface area contributed by atoms with Crippen LogP contribution in [-0.2, 0) is 17.6 Å². The molecule has 1 amide bonds. The van der Waals surface area contributed by atoms with Gasteiger partial charge in [0.25, 0.3) is 5.56 Å². The summed E-state index contributed by atoms with van der Waals surface area (Å²) in [5.41, 5.74) is 1.86. The minimum atomic E-state index is -0.377. The van der Waals surface area contributed by atoms with E-state index in [0.717, 1.165) is 11.1 Å². The van der Waals surface area contributed by atoms with Gasteiger partial charge in [0.15, 0.2) is 5.16 Å². The minimum Gasteiger partial charge on any atom is -0.312 e. The van der Waals surface area contributed by atoms with E-state index in [1.54, 1.807) is 35.9 Å². The molecule has 2 heterocycles. The molecule has 0 bridgehead atoms. The van der Waals surface area contributed by atoms with E-state index in [0.29, 0.717) is 27.3 Å². The summed E-state index contributed by atoms with van der Waals surface area (Å²) in [6, 6.07) is 13.3. The Kier molecular flexibility index (Phi) is 5.43. The van der Waals surface area contributed by atoms with Crippen LogP contribution in [0.15, 0.2) is 58.5 Å². The monoisotopic (exact) mass is 429 g/mol. The van der Waals surface area contributed by atoms with Crippen molar-refractivity contribution in [3.63, 3.8) is 0 Å². The molecule has 3 aromatic rings. The number of rotatable bonds is 4. The number of thioether (sulfide) groups is 1. The van der Waals surface area contributed by atoms with Gasteiger partial charge in [0.1, 0.15) is 11.6 Å². The van der Waals surface area contributed by atoms with Gasteiger partial charge in [0.2, 0.25) is 5.91 Å². The van der Waals surface area contributed by atoms with Crippen molar-refractivity contribution < 1.29 is 9.18 Å². The Morgan fingerprint density at radius 3 is 2.55 bits per heavy atom. The number of halogens is 2. The van der Waals surface area contributed by atoms with Gasteiger partial charge in [-0.1, -0.05) is 47.6 Å². The second kappa shape index (κ2) is 8.00. The Morgan fingerprint density at radius 2 is 1.86 bits per heavy atom. The number of fused-ring (bicyclic) bond motifs is 1. The molecular weight excluding hydrogens is 413 g/mol. The lowest BCUT2D eigenvalue weighted by atomic mass is 9.87. The zero-order valence-corrected chi connectivity index (χ0v) is 17.1. The summed E-state index contributed by atoms with van der Waals surface area (Å²) in [4.78, 5) is 29.5. The normalized spacial score (nSPS) is 15.7. The number of aromatic nitrogens is 2. The molecule has 2 aromatic carbocycles. The van der Waals surface area contributed by atoms with Crippen LogP contribution in [0.1, 0.15) is 29.0 Å². The van der Waals surface area contributed by atoms with Crippen LogP contribution in [0.4, 0.5) is 10.2 Å². The molecule has 0 saturated heterocycles. The van der Waals surface area contributed by atoms with Crippen LogP contribution < -0.4 is 10.9 Å². The van der Waals surface area contributed by atoms with Gasteiger partial charge in [-0.2, -0.15) is 4.98 Å². The number of nitrogens with one attached hydrogen (secondary N) is 1. The molecule has 1 aromatic heterocycles. The average Bonchev–Trinajstić information content (AvgIpc) is 2.70. The predicted octanol–water partition coefficient (Wildman–Crippen LogP) is 4.34. The maximum absolute atomic E-state index is 13.1. The largest absolute Gasteiger partial charge is 0.312 e. The molecule has 1 atom stereocenters. The maximum Gasteiger partial charge on any atom is 0.279 e. The second-order valence-electron chi connectivity index (χ2n) is 6.79. The summed E-state index contributed by atoms with van der Waals surface area (Å²) in [6.45, 7) is 0. The zero-order valence-electron chi connectivity index (χ0n) is 15.5. The van der Waals surface area contributed by atoms with E-state index in [1.807, 2.05) is 12.1 Å². The summed E-state index contributed by atoms with van der Waals surface area (Å²) in [5.74, 6) is 0.150. The molecule has 1 aliphatic heterocycles. The van der Waals surface area contributed by atoms with Crippen molar-refractivity contribution in [1.82, 2.24) is 9.55 Å². The van der Waals surface area contributed by atoms with Crippen molar-refractivity contribution in [3.8, 4) is 0 Å². The molecule has 1 N–H and O–H groups in total. The fraction of sp³-hybridized carbons (Fsp3) is 0.190. The number of hydrogen-bond acceptors (Lipinski definition) is 4. The van der Waals surface area contributed by atoms with E-state index in [4.69, 9.17) is 11.6 Å². The first-order chi connectivity index (χ1) is 13.9. The molecule has 4 rings (SSSR count). The number of nitrogens with zero attached hydrogens (tertiary/aromatic N) is 2. The number of amides is 1. The van der Waals surface area contributed by atoms with Crippen molar-refractivity contribution in [1.29, 1.82) is 0 Å². The van der Waals surface area contributed by atoms with Crippen molar-refractivity contribution in [2.45, 2.75) is 23.2 Å². The summed E-state index contributed by atoms with van der Waals surface area (Å²) < 4.78 is 14.8. The van der Waals surface area contributed by atoms with Gasteiger partial charge in [-0.3, -0.25) is 9.59 Å². The molecule has 0 fully saturated rings. The fourth-order valence-electron chi connectivity index (χ4n) is 3.37. The molecule has 8 heteroatoms. The van der Waals surface area contributed by atoms with Crippen LogP contribution in [0.3, 0.4) is 0 Å². The highest BCUT2D eigenvalue weighted by atomic mass is 35.5. The average molecular weight is 430 g/mol. The van der Waals surface area contributed by atoms with Gasteiger partial charge < -0.3 is 9.88 Å². The number of hydrogen-bond donors (Lipinski definition) is 1. The molecule has 0 aliphatic carbocycles. The number of benzene rings is 2. The first-order valence-corrected chi connectivity index (χ1v) is 10.3. The van der Waals surface area contributed by atoms with E-state index in [1.165, 1.54) is 23.9 Å². The van der Waals surface area contributed by atoms with Gasteiger partial charge in [-0.25, -0.2) is 4.39 Å². The topological polar surface area (TPSA) is 64.0 Å². The lowest BCUT2D eigenvalue weighted by molar-refractivity contribution is -0.116. The lowest BCUT2D eigenvalue weighted by Gasteiger charge is -2.27. The van der Waals surface area contributed by atoms with Gasteiger partial charge in [-0.05, 0) is 35.4 Å². The van der Waals surface area contributed by atoms with E-state index in [9.17, 15) is 14.0 Å². The predicted molar refractivity (Wildman–Crippen MR) is 112 cm³/mol. The van der Waals surface area contributed by atoms with E-state index >= 15 is 0 Å². The van der Waals surface area contributed by atoms with Gasteiger partial charge in [0, 0.05) is 30.2 Å². The molecule has 29 heavy (non-hydrogen) atoms. The first-order valence-electron chi connectivity index (χ1n) is 8.96. The van der Waals surface area contributed by atoms with Gasteiger partial charge >= 0.3 is 0 Å². The van der Waals surface area contributed by atoms with Crippen LogP contribution in [0.25, 0.3) is 0 Å². The van der Waals surface area contributed by atoms with E-state index < -0.39 is 0 Å². The number of anilines is 1. The molecule has 1 unspecified atom stereocenters. The van der Waals surface area contributed by atoms with Crippen molar-refractivity contribution in [2.24, 2.45) is 7.05 Å². The lowest BCUT2D eigenvalue weighted by Crippen LogP contribution is -2.33. The van der Waals surface area contributed by atoms with Crippen LogP contribution in [-0.4, -0.2) is 15.5 Å². The molecule has 5 nitrogen and oxygen atoms in total. The third kappa shape index (κ3) is 4.06. The quantitative estimate of drug-likeness (QED) is 0.495. The molecule has 0 radical (unpaired) electrons. The summed E-state index contributed by atoms with van der Waals surface area (Å²) in [7, 11) is 1.77. The van der Waals surface area contributed by atoms with Crippen LogP contribution >= 0.6 is 23.4 Å². The molecule has 1 aliphatic rings. The third-order valence-electron chi connectivity index (χ3n) is 4.85. The fourth-order valence-corrected chi connectivity index (χ4v) is 4.42. The second-order valence-corrected chi connectivity index (χ2v) is 8.17. The SMILES string of the molecule is Cn1c(SCc2ccc(F)cc2)nc(=O)c2c1NC(=O)CC2c1ccc(Cl)cc1. The Labute approximate surface area is 175 Å². The molecule has 0 spiro atoms. The first kappa shape index (κ1) is 19.7. The molecule has 0 saturated carbocycles. The smallest absolute Gasteiger partial charge is 0.279 e. The highest BCUT2D eigenvalue weighted by Crippen LogP contribution is 2.36. The minimum absolute atomic E-state index is 0.159.